The standard InChI is InChI=1S/C14H20O2/c1-9-6-7-11(8-10(9)2)12(15)13(16)14(3,4)5/h6-8,13,16H,1-5H3. The molecule has 0 bridgehead atoms. The van der Waals surface area contributed by atoms with Gasteiger partial charge in [-0.3, -0.25) is 4.79 Å². The van der Waals surface area contributed by atoms with Gasteiger partial charge in [0.25, 0.3) is 0 Å². The van der Waals surface area contributed by atoms with E-state index in [1.54, 1.807) is 6.07 Å². The smallest absolute Gasteiger partial charge is 0.191 e. The van der Waals surface area contributed by atoms with E-state index in [0.717, 1.165) is 11.1 Å². The maximum atomic E-state index is 12.0. The zero-order valence-electron chi connectivity index (χ0n) is 10.7. The summed E-state index contributed by atoms with van der Waals surface area (Å²) in [5, 5.41) is 9.92. The van der Waals surface area contributed by atoms with E-state index in [1.807, 2.05) is 46.8 Å². The van der Waals surface area contributed by atoms with Crippen LogP contribution >= 0.6 is 0 Å². The maximum Gasteiger partial charge on any atom is 0.191 e. The Balaban J connectivity index is 3.02. The van der Waals surface area contributed by atoms with Crippen LogP contribution in [0.3, 0.4) is 0 Å². The molecule has 0 aliphatic carbocycles. The van der Waals surface area contributed by atoms with Crippen molar-refractivity contribution in [3.05, 3.63) is 34.9 Å². The van der Waals surface area contributed by atoms with Gasteiger partial charge in [0.1, 0.15) is 6.10 Å². The molecule has 16 heavy (non-hydrogen) atoms. The second-order valence-electron chi connectivity index (χ2n) is 5.43. The number of Topliss-reactive ketones (excluding diaryl/α,β-unsaturated/α-hetero) is 1. The number of ketones is 1. The summed E-state index contributed by atoms with van der Waals surface area (Å²) in [6, 6.07) is 5.53. The largest absolute Gasteiger partial charge is 0.384 e. The summed E-state index contributed by atoms with van der Waals surface area (Å²) in [7, 11) is 0. The number of rotatable bonds is 2. The fourth-order valence-corrected chi connectivity index (χ4v) is 1.45. The van der Waals surface area contributed by atoms with Gasteiger partial charge in [-0.1, -0.05) is 32.9 Å². The number of carbonyl (C=O) groups excluding carboxylic acids is 1. The molecule has 0 fully saturated rings. The molecule has 1 rings (SSSR count). The average molecular weight is 220 g/mol. The molecule has 0 spiro atoms. The highest BCUT2D eigenvalue weighted by atomic mass is 16.3. The number of aryl methyl sites for hydroxylation is 2. The zero-order chi connectivity index (χ0) is 12.5. The highest BCUT2D eigenvalue weighted by Gasteiger charge is 2.29. The van der Waals surface area contributed by atoms with Crippen molar-refractivity contribution in [2.75, 3.05) is 0 Å². The topological polar surface area (TPSA) is 37.3 Å². The normalized spacial score (nSPS) is 13.6. The molecular weight excluding hydrogens is 200 g/mol. The molecule has 0 aliphatic rings. The summed E-state index contributed by atoms with van der Waals surface area (Å²) >= 11 is 0. The SMILES string of the molecule is Cc1ccc(C(=O)C(O)C(C)(C)C)cc1C. The molecule has 0 aliphatic heterocycles. The van der Waals surface area contributed by atoms with Gasteiger partial charge in [-0.05, 0) is 36.5 Å². The summed E-state index contributed by atoms with van der Waals surface area (Å²) in [5.74, 6) is -0.199. The van der Waals surface area contributed by atoms with Crippen LogP contribution in [0.5, 0.6) is 0 Å². The summed E-state index contributed by atoms with van der Waals surface area (Å²) < 4.78 is 0. The number of aliphatic hydroxyl groups excluding tert-OH is 1. The summed E-state index contributed by atoms with van der Waals surface area (Å²) in [5.41, 5.74) is 2.40. The minimum atomic E-state index is -0.949. The summed E-state index contributed by atoms with van der Waals surface area (Å²) in [6.07, 6.45) is -0.949. The van der Waals surface area contributed by atoms with Crippen molar-refractivity contribution in [3.63, 3.8) is 0 Å². The molecule has 0 saturated heterocycles. The van der Waals surface area contributed by atoms with Gasteiger partial charge in [-0.15, -0.1) is 0 Å². The Bertz CT molecular complexity index is 400. The third-order valence-electron chi connectivity index (χ3n) is 2.86. The van der Waals surface area contributed by atoms with Crippen molar-refractivity contribution in [1.82, 2.24) is 0 Å². The molecule has 0 saturated carbocycles. The van der Waals surface area contributed by atoms with Crippen molar-refractivity contribution in [2.45, 2.75) is 40.7 Å². The minimum absolute atomic E-state index is 0.199. The van der Waals surface area contributed by atoms with Crippen LogP contribution in [0.15, 0.2) is 18.2 Å². The number of hydrogen-bond acceptors (Lipinski definition) is 2. The molecular formula is C14H20O2. The molecule has 0 radical (unpaired) electrons. The quantitative estimate of drug-likeness (QED) is 0.778. The third-order valence-corrected chi connectivity index (χ3v) is 2.86. The van der Waals surface area contributed by atoms with Crippen molar-refractivity contribution in [2.24, 2.45) is 5.41 Å². The Kier molecular flexibility index (Phi) is 3.54. The van der Waals surface area contributed by atoms with Gasteiger partial charge in [0.05, 0.1) is 0 Å². The molecule has 1 aromatic carbocycles. The van der Waals surface area contributed by atoms with Gasteiger partial charge >= 0.3 is 0 Å². The summed E-state index contributed by atoms with van der Waals surface area (Å²) in [6.45, 7) is 9.54. The molecule has 0 aromatic heterocycles. The van der Waals surface area contributed by atoms with Crippen LogP contribution in [0.4, 0.5) is 0 Å². The van der Waals surface area contributed by atoms with Gasteiger partial charge in [0.2, 0.25) is 0 Å². The lowest BCUT2D eigenvalue weighted by molar-refractivity contribution is 0.0442. The molecule has 88 valence electrons. The van der Waals surface area contributed by atoms with Gasteiger partial charge in [-0.2, -0.15) is 0 Å². The first kappa shape index (κ1) is 12.9. The van der Waals surface area contributed by atoms with Crippen LogP contribution in [-0.4, -0.2) is 17.0 Å². The van der Waals surface area contributed by atoms with E-state index in [4.69, 9.17) is 0 Å². The highest BCUT2D eigenvalue weighted by molar-refractivity contribution is 6.00. The lowest BCUT2D eigenvalue weighted by Gasteiger charge is -2.24. The molecule has 0 heterocycles. The van der Waals surface area contributed by atoms with Crippen LogP contribution < -0.4 is 0 Å². The van der Waals surface area contributed by atoms with Gasteiger partial charge in [-0.25, -0.2) is 0 Å². The Hall–Kier alpha value is -1.15. The zero-order valence-corrected chi connectivity index (χ0v) is 10.7. The van der Waals surface area contributed by atoms with E-state index in [9.17, 15) is 9.90 Å². The molecule has 2 nitrogen and oxygen atoms in total. The predicted molar refractivity (Wildman–Crippen MR) is 65.7 cm³/mol. The Morgan fingerprint density at radius 2 is 1.75 bits per heavy atom. The Morgan fingerprint density at radius 3 is 2.19 bits per heavy atom. The van der Waals surface area contributed by atoms with Crippen LogP contribution in [0.25, 0.3) is 0 Å². The molecule has 1 unspecified atom stereocenters. The lowest BCUT2D eigenvalue weighted by Crippen LogP contribution is -2.34. The van der Waals surface area contributed by atoms with Gasteiger partial charge in [0, 0.05) is 5.56 Å². The van der Waals surface area contributed by atoms with Crippen LogP contribution in [-0.2, 0) is 0 Å². The van der Waals surface area contributed by atoms with Crippen LogP contribution in [0, 0.1) is 19.3 Å². The number of benzene rings is 1. The van der Waals surface area contributed by atoms with E-state index in [0.29, 0.717) is 5.56 Å². The number of aliphatic hydroxyl groups is 1. The fourth-order valence-electron chi connectivity index (χ4n) is 1.45. The van der Waals surface area contributed by atoms with E-state index in [1.165, 1.54) is 0 Å². The van der Waals surface area contributed by atoms with Crippen LogP contribution in [0.1, 0.15) is 42.3 Å². The Labute approximate surface area is 97.3 Å². The minimum Gasteiger partial charge on any atom is -0.384 e. The van der Waals surface area contributed by atoms with E-state index >= 15 is 0 Å². The van der Waals surface area contributed by atoms with Crippen molar-refractivity contribution >= 4 is 5.78 Å². The first-order chi connectivity index (χ1) is 7.23. The first-order valence-electron chi connectivity index (χ1n) is 5.53. The second-order valence-corrected chi connectivity index (χ2v) is 5.43. The number of carbonyl (C=O) groups is 1. The van der Waals surface area contributed by atoms with E-state index < -0.39 is 11.5 Å². The summed E-state index contributed by atoms with van der Waals surface area (Å²) in [4.78, 5) is 12.0. The predicted octanol–water partition coefficient (Wildman–Crippen LogP) is 2.89. The molecule has 1 N–H and O–H groups in total. The first-order valence-corrected chi connectivity index (χ1v) is 5.53. The molecule has 1 aromatic rings. The second kappa shape index (κ2) is 4.38. The maximum absolute atomic E-state index is 12.0. The van der Waals surface area contributed by atoms with E-state index in [-0.39, 0.29) is 5.78 Å². The third kappa shape index (κ3) is 2.70. The fraction of sp³-hybridized carbons (Fsp3) is 0.500. The van der Waals surface area contributed by atoms with Crippen molar-refractivity contribution < 1.29 is 9.90 Å². The Morgan fingerprint density at radius 1 is 1.19 bits per heavy atom. The van der Waals surface area contributed by atoms with Gasteiger partial charge in [0.15, 0.2) is 5.78 Å². The van der Waals surface area contributed by atoms with E-state index in [2.05, 4.69) is 0 Å². The monoisotopic (exact) mass is 220 g/mol. The highest BCUT2D eigenvalue weighted by Crippen LogP contribution is 2.23. The lowest BCUT2D eigenvalue weighted by atomic mass is 9.84. The van der Waals surface area contributed by atoms with Crippen molar-refractivity contribution in [3.8, 4) is 0 Å². The van der Waals surface area contributed by atoms with Crippen molar-refractivity contribution in [1.29, 1.82) is 0 Å². The molecule has 0 amide bonds. The molecule has 1 atom stereocenters. The average Bonchev–Trinajstić information content (AvgIpc) is 2.18. The molecule has 2 heteroatoms. The van der Waals surface area contributed by atoms with Crippen LogP contribution in [0.2, 0.25) is 0 Å². The number of hydrogen-bond donors (Lipinski definition) is 1. The van der Waals surface area contributed by atoms with Gasteiger partial charge < -0.3 is 5.11 Å².